The van der Waals surface area contributed by atoms with Crippen LogP contribution >= 0.6 is 0 Å². The van der Waals surface area contributed by atoms with Gasteiger partial charge < -0.3 is 19.6 Å². The van der Waals surface area contributed by atoms with Crippen LogP contribution in [0.1, 0.15) is 34.7 Å². The lowest BCUT2D eigenvalue weighted by Crippen LogP contribution is -2.26. The first kappa shape index (κ1) is 18.3. The molecule has 0 saturated carbocycles. The summed E-state index contributed by atoms with van der Waals surface area (Å²) in [7, 11) is 4.12. The second-order valence-electron chi connectivity index (χ2n) is 7.06. The molecule has 0 bridgehead atoms. The van der Waals surface area contributed by atoms with Crippen LogP contribution in [0.2, 0.25) is 0 Å². The molecule has 0 aliphatic heterocycles. The summed E-state index contributed by atoms with van der Waals surface area (Å²) >= 11 is 0. The molecule has 3 rings (SSSR count). The molecule has 5 nitrogen and oxygen atoms in total. The van der Waals surface area contributed by atoms with Gasteiger partial charge in [-0.2, -0.15) is 0 Å². The number of fused-ring (bicyclic) bond motifs is 1. The van der Waals surface area contributed by atoms with Crippen molar-refractivity contribution in [3.63, 3.8) is 0 Å². The minimum atomic E-state index is -0.0426. The van der Waals surface area contributed by atoms with E-state index in [1.54, 1.807) is 0 Å². The maximum Gasteiger partial charge on any atom is 0.268 e. The molecule has 1 aromatic carbocycles. The Hall–Kier alpha value is -2.53. The first-order valence-corrected chi connectivity index (χ1v) is 9.08. The molecule has 0 fully saturated rings. The second-order valence-corrected chi connectivity index (χ2v) is 7.06. The summed E-state index contributed by atoms with van der Waals surface area (Å²) < 4.78 is 5.71. The van der Waals surface area contributed by atoms with Crippen molar-refractivity contribution in [3.8, 4) is 11.3 Å². The molecule has 0 atom stereocenters. The van der Waals surface area contributed by atoms with Gasteiger partial charge in [-0.1, -0.05) is 0 Å². The summed E-state index contributed by atoms with van der Waals surface area (Å²) in [6, 6.07) is 10.0. The largest absolute Gasteiger partial charge is 0.461 e. The Morgan fingerprint density at radius 2 is 1.96 bits per heavy atom. The Bertz CT molecular complexity index is 905. The quantitative estimate of drug-likeness (QED) is 0.628. The van der Waals surface area contributed by atoms with Crippen LogP contribution in [-0.4, -0.2) is 43.0 Å². The molecule has 3 aromatic rings. The lowest BCUT2D eigenvalue weighted by molar-refractivity contribution is 0.0948. The molecule has 138 valence electrons. The highest BCUT2D eigenvalue weighted by molar-refractivity contribution is 6.01. The van der Waals surface area contributed by atoms with Gasteiger partial charge in [0.1, 0.15) is 17.2 Å². The Morgan fingerprint density at radius 3 is 2.65 bits per heavy atom. The lowest BCUT2D eigenvalue weighted by atomic mass is 10.1. The number of unbranched alkanes of at least 4 members (excludes halogenated alkanes) is 1. The zero-order chi connectivity index (χ0) is 18.7. The number of rotatable bonds is 7. The summed E-state index contributed by atoms with van der Waals surface area (Å²) in [5.74, 6) is 1.69. The van der Waals surface area contributed by atoms with Crippen LogP contribution < -0.4 is 5.32 Å². The Kier molecular flexibility index (Phi) is 5.47. The number of carbonyl (C=O) groups is 1. The van der Waals surface area contributed by atoms with E-state index < -0.39 is 0 Å². The van der Waals surface area contributed by atoms with E-state index in [-0.39, 0.29) is 5.91 Å². The van der Waals surface area contributed by atoms with Crippen LogP contribution in [0.25, 0.3) is 22.2 Å². The van der Waals surface area contributed by atoms with Gasteiger partial charge in [-0.05, 0) is 83.2 Å². The van der Waals surface area contributed by atoms with Crippen molar-refractivity contribution in [3.05, 3.63) is 47.3 Å². The predicted octanol–water partition coefficient (Wildman–Crippen LogP) is 4.12. The molecular formula is C21H27N3O2. The summed E-state index contributed by atoms with van der Waals surface area (Å²) in [6.45, 7) is 5.65. The van der Waals surface area contributed by atoms with Gasteiger partial charge >= 0.3 is 0 Å². The van der Waals surface area contributed by atoms with E-state index in [0.717, 1.165) is 52.9 Å². The molecule has 2 heterocycles. The highest BCUT2D eigenvalue weighted by atomic mass is 16.3. The average molecular weight is 353 g/mol. The molecule has 0 aliphatic carbocycles. The van der Waals surface area contributed by atoms with Gasteiger partial charge in [-0.3, -0.25) is 4.79 Å². The summed E-state index contributed by atoms with van der Waals surface area (Å²) in [5.41, 5.74) is 3.59. The van der Waals surface area contributed by atoms with E-state index in [0.29, 0.717) is 12.2 Å². The number of nitrogens with one attached hydrogen (secondary N) is 2. The van der Waals surface area contributed by atoms with E-state index >= 15 is 0 Å². The van der Waals surface area contributed by atoms with E-state index in [2.05, 4.69) is 35.4 Å². The van der Waals surface area contributed by atoms with Gasteiger partial charge in [-0.15, -0.1) is 0 Å². The summed E-state index contributed by atoms with van der Waals surface area (Å²) in [5, 5.41) is 4.07. The average Bonchev–Trinajstić information content (AvgIpc) is 3.18. The lowest BCUT2D eigenvalue weighted by Gasteiger charge is -2.09. The standard InChI is InChI=1S/C21H27N3O2/c1-14-7-10-19(26-14)16-8-9-18-17(13-16)15(2)20(23-18)21(25)22-11-5-6-12-24(3)4/h7-10,13,23H,5-6,11-12H2,1-4H3,(H,22,25). The Balaban J connectivity index is 1.73. The number of aryl methyl sites for hydroxylation is 2. The number of hydrogen-bond donors (Lipinski definition) is 2. The molecule has 2 aromatic heterocycles. The maximum atomic E-state index is 12.5. The number of nitrogens with zero attached hydrogens (tertiary/aromatic N) is 1. The molecule has 0 aliphatic rings. The number of aromatic nitrogens is 1. The fraction of sp³-hybridized carbons (Fsp3) is 0.381. The van der Waals surface area contributed by atoms with Crippen molar-refractivity contribution in [2.75, 3.05) is 27.2 Å². The minimum absolute atomic E-state index is 0.0426. The van der Waals surface area contributed by atoms with Crippen LogP contribution in [0.3, 0.4) is 0 Å². The van der Waals surface area contributed by atoms with Crippen molar-refractivity contribution in [2.24, 2.45) is 0 Å². The fourth-order valence-electron chi connectivity index (χ4n) is 3.14. The van der Waals surface area contributed by atoms with Crippen LogP contribution in [0.4, 0.5) is 0 Å². The Labute approximate surface area is 154 Å². The number of H-pyrrole nitrogens is 1. The van der Waals surface area contributed by atoms with Crippen molar-refractivity contribution in [1.82, 2.24) is 15.2 Å². The third kappa shape index (κ3) is 3.99. The highest BCUT2D eigenvalue weighted by Gasteiger charge is 2.15. The third-order valence-electron chi connectivity index (χ3n) is 4.63. The number of carbonyl (C=O) groups excluding carboxylic acids is 1. The summed E-state index contributed by atoms with van der Waals surface area (Å²) in [4.78, 5) is 17.9. The van der Waals surface area contributed by atoms with E-state index in [4.69, 9.17) is 4.42 Å². The van der Waals surface area contributed by atoms with Gasteiger partial charge in [0.15, 0.2) is 0 Å². The number of aromatic amines is 1. The number of hydrogen-bond acceptors (Lipinski definition) is 3. The van der Waals surface area contributed by atoms with E-state index in [9.17, 15) is 4.79 Å². The molecular weight excluding hydrogens is 326 g/mol. The number of benzene rings is 1. The highest BCUT2D eigenvalue weighted by Crippen LogP contribution is 2.29. The predicted molar refractivity (Wildman–Crippen MR) is 106 cm³/mol. The molecule has 1 amide bonds. The van der Waals surface area contributed by atoms with E-state index in [1.165, 1.54) is 0 Å². The SMILES string of the molecule is Cc1ccc(-c2ccc3[nH]c(C(=O)NCCCCN(C)C)c(C)c3c2)o1. The monoisotopic (exact) mass is 353 g/mol. The zero-order valence-electron chi connectivity index (χ0n) is 16.0. The van der Waals surface area contributed by atoms with Crippen LogP contribution in [0.5, 0.6) is 0 Å². The van der Waals surface area contributed by atoms with Crippen molar-refractivity contribution >= 4 is 16.8 Å². The zero-order valence-corrected chi connectivity index (χ0v) is 16.0. The molecule has 26 heavy (non-hydrogen) atoms. The van der Waals surface area contributed by atoms with Gasteiger partial charge in [0.05, 0.1) is 0 Å². The molecule has 0 spiro atoms. The maximum absolute atomic E-state index is 12.5. The van der Waals surface area contributed by atoms with Crippen molar-refractivity contribution < 1.29 is 9.21 Å². The van der Waals surface area contributed by atoms with Crippen molar-refractivity contribution in [1.29, 1.82) is 0 Å². The fourth-order valence-corrected chi connectivity index (χ4v) is 3.14. The second kappa shape index (κ2) is 7.79. The topological polar surface area (TPSA) is 61.3 Å². The van der Waals surface area contributed by atoms with E-state index in [1.807, 2.05) is 38.1 Å². The third-order valence-corrected chi connectivity index (χ3v) is 4.63. The first-order chi connectivity index (χ1) is 12.5. The van der Waals surface area contributed by atoms with Gasteiger partial charge in [0.25, 0.3) is 5.91 Å². The number of furan rings is 1. The minimum Gasteiger partial charge on any atom is -0.461 e. The van der Waals surface area contributed by atoms with Crippen molar-refractivity contribution in [2.45, 2.75) is 26.7 Å². The van der Waals surface area contributed by atoms with Crippen LogP contribution in [-0.2, 0) is 0 Å². The smallest absolute Gasteiger partial charge is 0.268 e. The summed E-state index contributed by atoms with van der Waals surface area (Å²) in [6.07, 6.45) is 2.05. The molecule has 5 heteroatoms. The molecule has 0 unspecified atom stereocenters. The number of amides is 1. The first-order valence-electron chi connectivity index (χ1n) is 9.08. The van der Waals surface area contributed by atoms with Crippen LogP contribution in [0, 0.1) is 13.8 Å². The Morgan fingerprint density at radius 1 is 1.15 bits per heavy atom. The molecule has 0 saturated heterocycles. The van der Waals surface area contributed by atoms with Gasteiger partial charge in [0.2, 0.25) is 0 Å². The van der Waals surface area contributed by atoms with Gasteiger partial charge in [-0.25, -0.2) is 0 Å². The van der Waals surface area contributed by atoms with Gasteiger partial charge in [0, 0.05) is 23.0 Å². The molecule has 0 radical (unpaired) electrons. The molecule has 2 N–H and O–H groups in total. The van der Waals surface area contributed by atoms with Crippen LogP contribution in [0.15, 0.2) is 34.7 Å². The normalized spacial score (nSPS) is 11.4.